The van der Waals surface area contributed by atoms with E-state index in [0.717, 1.165) is 34.4 Å². The lowest BCUT2D eigenvalue weighted by molar-refractivity contribution is -0.117. The van der Waals surface area contributed by atoms with Crippen LogP contribution in [-0.2, 0) is 4.79 Å². The Bertz CT molecular complexity index is 732. The van der Waals surface area contributed by atoms with E-state index in [-0.39, 0.29) is 5.91 Å². The van der Waals surface area contributed by atoms with Gasteiger partial charge in [-0.15, -0.1) is 0 Å². The smallest absolute Gasteiger partial charge is 0.224 e. The molecule has 1 aromatic heterocycles. The average Bonchev–Trinajstić information content (AvgIpc) is 2.65. The van der Waals surface area contributed by atoms with Crippen molar-refractivity contribution in [2.45, 2.75) is 43.2 Å². The quantitative estimate of drug-likeness (QED) is 0.755. The Morgan fingerprint density at radius 2 is 2.04 bits per heavy atom. The van der Waals surface area contributed by atoms with Gasteiger partial charge in [-0.25, -0.2) is 9.97 Å². The van der Waals surface area contributed by atoms with Crippen LogP contribution in [-0.4, -0.2) is 29.0 Å². The molecule has 1 aliphatic rings. The van der Waals surface area contributed by atoms with E-state index in [0.29, 0.717) is 18.3 Å². The van der Waals surface area contributed by atoms with Gasteiger partial charge in [-0.05, 0) is 86.3 Å². The summed E-state index contributed by atoms with van der Waals surface area (Å²) in [5.41, 5.74) is 1.93. The molecule has 6 heteroatoms. The molecule has 1 aliphatic heterocycles. The lowest BCUT2D eigenvalue weighted by Gasteiger charge is -2.28. The molecule has 0 aliphatic carbocycles. The molecule has 0 radical (unpaired) electrons. The average molecular weight is 371 g/mol. The standard InChI is InChI=1S/C20H26N4OS/c1-14(16-6-10-21-11-7-16)13-19(25)24-18-5-4-17(12-15(18)2)26-20-22-8-3-9-23-20/h3-5,8-9,12,14,16,21H,6-7,10-11,13H2,1-2H3,(H,24,25). The fourth-order valence-electron chi connectivity index (χ4n) is 3.36. The third kappa shape index (κ3) is 5.29. The Kier molecular flexibility index (Phi) is 6.63. The number of nitrogens with zero attached hydrogens (tertiary/aromatic N) is 2. The summed E-state index contributed by atoms with van der Waals surface area (Å²) < 4.78 is 0. The van der Waals surface area contributed by atoms with Crippen LogP contribution in [0.2, 0.25) is 0 Å². The minimum Gasteiger partial charge on any atom is -0.326 e. The summed E-state index contributed by atoms with van der Waals surface area (Å²) in [5, 5.41) is 7.18. The Morgan fingerprint density at radius 1 is 1.31 bits per heavy atom. The molecule has 2 heterocycles. The Balaban J connectivity index is 1.56. The van der Waals surface area contributed by atoms with Gasteiger partial charge in [0.25, 0.3) is 0 Å². The number of anilines is 1. The summed E-state index contributed by atoms with van der Waals surface area (Å²) in [7, 11) is 0. The van der Waals surface area contributed by atoms with Gasteiger partial charge < -0.3 is 10.6 Å². The Morgan fingerprint density at radius 3 is 2.73 bits per heavy atom. The molecule has 5 nitrogen and oxygen atoms in total. The van der Waals surface area contributed by atoms with Gasteiger partial charge in [-0.2, -0.15) is 0 Å². The number of benzene rings is 1. The van der Waals surface area contributed by atoms with Crippen LogP contribution in [0.15, 0.2) is 46.7 Å². The number of hydrogen-bond acceptors (Lipinski definition) is 5. The van der Waals surface area contributed by atoms with Crippen LogP contribution in [0, 0.1) is 18.8 Å². The minimum absolute atomic E-state index is 0.103. The zero-order valence-corrected chi connectivity index (χ0v) is 16.2. The molecule has 1 saturated heterocycles. The van der Waals surface area contributed by atoms with Crippen LogP contribution in [0.25, 0.3) is 0 Å². The maximum atomic E-state index is 12.4. The van der Waals surface area contributed by atoms with Crippen LogP contribution in [0.1, 0.15) is 31.7 Å². The molecule has 1 aromatic carbocycles. The predicted molar refractivity (Wildman–Crippen MR) is 105 cm³/mol. The molecule has 26 heavy (non-hydrogen) atoms. The molecule has 1 fully saturated rings. The van der Waals surface area contributed by atoms with Gasteiger partial charge in [-0.1, -0.05) is 6.92 Å². The van der Waals surface area contributed by atoms with Crippen LogP contribution in [0.4, 0.5) is 5.69 Å². The van der Waals surface area contributed by atoms with E-state index in [4.69, 9.17) is 0 Å². The number of hydrogen-bond donors (Lipinski definition) is 2. The maximum absolute atomic E-state index is 12.4. The predicted octanol–water partition coefficient (Wildman–Crippen LogP) is 3.90. The molecular formula is C20H26N4OS. The number of carbonyl (C=O) groups excluding carboxylic acids is 1. The van der Waals surface area contributed by atoms with Gasteiger partial charge in [0.1, 0.15) is 0 Å². The number of amides is 1. The van der Waals surface area contributed by atoms with E-state index in [1.54, 1.807) is 18.5 Å². The van der Waals surface area contributed by atoms with Crippen LogP contribution in [0.5, 0.6) is 0 Å². The first-order valence-electron chi connectivity index (χ1n) is 9.18. The lowest BCUT2D eigenvalue weighted by Crippen LogP contribution is -2.32. The summed E-state index contributed by atoms with van der Waals surface area (Å²) in [5.74, 6) is 1.17. The number of rotatable bonds is 6. The second-order valence-electron chi connectivity index (χ2n) is 6.93. The number of aryl methyl sites for hydroxylation is 1. The van der Waals surface area contributed by atoms with Crippen LogP contribution < -0.4 is 10.6 Å². The minimum atomic E-state index is 0.103. The van der Waals surface area contributed by atoms with Crippen LogP contribution in [0.3, 0.4) is 0 Å². The summed E-state index contributed by atoms with van der Waals surface area (Å²) in [6.07, 6.45) is 6.39. The Labute approximate surface area is 159 Å². The molecule has 1 amide bonds. The molecule has 0 spiro atoms. The second-order valence-corrected chi connectivity index (χ2v) is 7.97. The van der Waals surface area contributed by atoms with E-state index in [1.165, 1.54) is 24.6 Å². The Hall–Kier alpha value is -1.92. The summed E-state index contributed by atoms with van der Waals surface area (Å²) in [6, 6.07) is 7.83. The lowest BCUT2D eigenvalue weighted by atomic mass is 9.84. The van der Waals surface area contributed by atoms with E-state index < -0.39 is 0 Å². The van der Waals surface area contributed by atoms with Gasteiger partial charge >= 0.3 is 0 Å². The monoisotopic (exact) mass is 370 g/mol. The first-order valence-corrected chi connectivity index (χ1v) is 9.99. The second kappa shape index (κ2) is 9.14. The van der Waals surface area contributed by atoms with Crippen molar-refractivity contribution in [3.05, 3.63) is 42.2 Å². The van der Waals surface area contributed by atoms with E-state index in [9.17, 15) is 4.79 Å². The molecule has 0 saturated carbocycles. The topological polar surface area (TPSA) is 66.9 Å². The number of aromatic nitrogens is 2. The van der Waals surface area contributed by atoms with Gasteiger partial charge in [-0.3, -0.25) is 4.79 Å². The van der Waals surface area contributed by atoms with Gasteiger partial charge in [0.2, 0.25) is 5.91 Å². The first-order chi connectivity index (χ1) is 12.6. The SMILES string of the molecule is Cc1cc(Sc2ncccn2)ccc1NC(=O)CC(C)C1CCNCC1. The fraction of sp³-hybridized carbons (Fsp3) is 0.450. The number of nitrogens with one attached hydrogen (secondary N) is 2. The van der Waals surface area contributed by atoms with Gasteiger partial charge in [0.05, 0.1) is 0 Å². The van der Waals surface area contributed by atoms with Crippen molar-refractivity contribution >= 4 is 23.4 Å². The summed E-state index contributed by atoms with van der Waals surface area (Å²) in [4.78, 5) is 22.0. The highest BCUT2D eigenvalue weighted by atomic mass is 32.2. The first kappa shape index (κ1) is 18.9. The highest BCUT2D eigenvalue weighted by molar-refractivity contribution is 7.99. The largest absolute Gasteiger partial charge is 0.326 e. The maximum Gasteiger partial charge on any atom is 0.224 e. The van der Waals surface area contributed by atoms with Crippen molar-refractivity contribution in [2.24, 2.45) is 11.8 Å². The van der Waals surface area contributed by atoms with E-state index in [1.807, 2.05) is 19.1 Å². The number of piperidine rings is 1. The van der Waals surface area contributed by atoms with Crippen molar-refractivity contribution in [1.29, 1.82) is 0 Å². The molecule has 1 atom stereocenters. The zero-order valence-electron chi connectivity index (χ0n) is 15.4. The van der Waals surface area contributed by atoms with Gasteiger partial charge in [0.15, 0.2) is 5.16 Å². The zero-order chi connectivity index (χ0) is 18.4. The molecule has 0 bridgehead atoms. The molecular weight excluding hydrogens is 344 g/mol. The van der Waals surface area contributed by atoms with Gasteiger partial charge in [0, 0.05) is 29.4 Å². The van der Waals surface area contributed by atoms with Crippen LogP contribution >= 0.6 is 11.8 Å². The van der Waals surface area contributed by atoms with Crippen molar-refractivity contribution in [3.8, 4) is 0 Å². The highest BCUT2D eigenvalue weighted by Gasteiger charge is 2.22. The molecule has 3 rings (SSSR count). The normalized spacial score (nSPS) is 16.2. The molecule has 2 aromatic rings. The van der Waals surface area contributed by atoms with Crippen molar-refractivity contribution in [2.75, 3.05) is 18.4 Å². The molecule has 2 N–H and O–H groups in total. The summed E-state index contributed by atoms with van der Waals surface area (Å²) in [6.45, 7) is 6.35. The van der Waals surface area contributed by atoms with Crippen molar-refractivity contribution in [1.82, 2.24) is 15.3 Å². The van der Waals surface area contributed by atoms with E-state index >= 15 is 0 Å². The number of carbonyl (C=O) groups is 1. The third-order valence-corrected chi connectivity index (χ3v) is 5.80. The molecule has 1 unspecified atom stereocenters. The van der Waals surface area contributed by atoms with Crippen molar-refractivity contribution < 1.29 is 4.79 Å². The molecule has 138 valence electrons. The summed E-state index contributed by atoms with van der Waals surface area (Å²) >= 11 is 1.52. The fourth-order valence-corrected chi connectivity index (χ4v) is 4.17. The highest BCUT2D eigenvalue weighted by Crippen LogP contribution is 2.29. The third-order valence-electron chi connectivity index (χ3n) is 4.92. The van der Waals surface area contributed by atoms with E-state index in [2.05, 4.69) is 33.6 Å². The van der Waals surface area contributed by atoms with Crippen molar-refractivity contribution in [3.63, 3.8) is 0 Å².